The minimum Gasteiger partial charge on any atom is -0.490 e. The number of allylic oxidation sites excluding steroid dienone is 2. The molecule has 0 amide bonds. The molecule has 2 atom stereocenters. The van der Waals surface area contributed by atoms with Gasteiger partial charge in [0.15, 0.2) is 17.3 Å². The Labute approximate surface area is 221 Å². The van der Waals surface area contributed by atoms with Gasteiger partial charge in [-0.05, 0) is 66.3 Å². The fourth-order valence-electron chi connectivity index (χ4n) is 5.79. The zero-order chi connectivity index (χ0) is 26.2. The Hall–Kier alpha value is -4.45. The molecule has 0 saturated heterocycles. The number of Topliss-reactive ketones (excluding diaryl/α,β-unsaturated/α-hetero) is 1. The van der Waals surface area contributed by atoms with Crippen LogP contribution in [-0.2, 0) is 9.59 Å². The van der Waals surface area contributed by atoms with Crippen LogP contribution in [0.25, 0.3) is 10.9 Å². The van der Waals surface area contributed by atoms with E-state index in [0.29, 0.717) is 24.5 Å². The molecule has 0 saturated carbocycles. The lowest BCUT2D eigenvalue weighted by molar-refractivity contribution is -0.132. The van der Waals surface area contributed by atoms with Crippen molar-refractivity contribution in [2.45, 2.75) is 38.5 Å². The van der Waals surface area contributed by atoms with E-state index in [1.807, 2.05) is 49.4 Å². The lowest BCUT2D eigenvalue weighted by Crippen LogP contribution is -2.30. The number of anilines is 1. The number of fused-ring (bicyclic) bond motifs is 3. The molecule has 0 radical (unpaired) electrons. The van der Waals surface area contributed by atoms with Crippen LogP contribution < -0.4 is 14.8 Å². The van der Waals surface area contributed by atoms with Gasteiger partial charge in [-0.15, -0.1) is 0 Å². The highest BCUT2D eigenvalue weighted by Crippen LogP contribution is 2.50. The highest BCUT2D eigenvalue weighted by molar-refractivity contribution is 6.04. The van der Waals surface area contributed by atoms with Crippen LogP contribution in [0.15, 0.2) is 90.3 Å². The molecule has 6 rings (SSSR count). The Morgan fingerprint density at radius 3 is 2.61 bits per heavy atom. The minimum atomic E-state index is -0.414. The number of carbonyl (C=O) groups is 2. The molecular weight excluding hydrogens is 476 g/mol. The molecule has 0 fully saturated rings. The van der Waals surface area contributed by atoms with Crippen LogP contribution >= 0.6 is 0 Å². The Bertz CT molecular complexity index is 1590. The molecule has 2 aliphatic rings. The molecule has 6 nitrogen and oxygen atoms in total. The molecule has 1 aromatic heterocycles. The second-order valence-electron chi connectivity index (χ2n) is 9.72. The topological polar surface area (TPSA) is 77.5 Å². The summed E-state index contributed by atoms with van der Waals surface area (Å²) in [5, 5.41) is 4.62. The predicted molar refractivity (Wildman–Crippen MR) is 147 cm³/mol. The SMILES string of the molecule is CCOc1cc([C@@H]2C3=C(C[C@@H](c4ccccc4)CC3=O)Nc3ccc4ncccc4c32)ccc1OC(C)=O. The Kier molecular flexibility index (Phi) is 6.16. The third-order valence-corrected chi connectivity index (χ3v) is 7.32. The molecule has 1 aliphatic heterocycles. The van der Waals surface area contributed by atoms with Crippen molar-refractivity contribution in [3.8, 4) is 11.5 Å². The maximum Gasteiger partial charge on any atom is 0.308 e. The maximum absolute atomic E-state index is 14.0. The molecule has 1 aliphatic carbocycles. The van der Waals surface area contributed by atoms with Crippen LogP contribution in [0.4, 0.5) is 5.69 Å². The summed E-state index contributed by atoms with van der Waals surface area (Å²) >= 11 is 0. The molecule has 190 valence electrons. The van der Waals surface area contributed by atoms with E-state index >= 15 is 0 Å². The maximum atomic E-state index is 14.0. The second kappa shape index (κ2) is 9.78. The summed E-state index contributed by atoms with van der Waals surface area (Å²) in [4.78, 5) is 30.2. The summed E-state index contributed by atoms with van der Waals surface area (Å²) in [6, 6.07) is 23.9. The number of aromatic nitrogens is 1. The minimum absolute atomic E-state index is 0.115. The number of benzene rings is 3. The van der Waals surface area contributed by atoms with E-state index in [1.165, 1.54) is 12.5 Å². The van der Waals surface area contributed by atoms with Gasteiger partial charge in [0, 0.05) is 47.8 Å². The van der Waals surface area contributed by atoms with Gasteiger partial charge in [-0.3, -0.25) is 14.6 Å². The van der Waals surface area contributed by atoms with Gasteiger partial charge < -0.3 is 14.8 Å². The molecule has 0 bridgehead atoms. The average molecular weight is 505 g/mol. The summed E-state index contributed by atoms with van der Waals surface area (Å²) in [5.74, 6) is 0.360. The summed E-state index contributed by atoms with van der Waals surface area (Å²) < 4.78 is 11.3. The number of hydrogen-bond donors (Lipinski definition) is 1. The van der Waals surface area contributed by atoms with Crippen LogP contribution in [0.3, 0.4) is 0 Å². The normalized spacial score (nSPS) is 18.4. The van der Waals surface area contributed by atoms with Gasteiger partial charge in [0.25, 0.3) is 0 Å². The molecule has 4 aromatic rings. The first-order valence-electron chi connectivity index (χ1n) is 12.9. The lowest BCUT2D eigenvalue weighted by atomic mass is 9.71. The van der Waals surface area contributed by atoms with E-state index in [0.717, 1.165) is 45.4 Å². The molecule has 3 aromatic carbocycles. The van der Waals surface area contributed by atoms with Crippen molar-refractivity contribution in [1.29, 1.82) is 0 Å². The molecule has 38 heavy (non-hydrogen) atoms. The smallest absolute Gasteiger partial charge is 0.308 e. The number of rotatable bonds is 5. The second-order valence-corrected chi connectivity index (χ2v) is 9.72. The Balaban J connectivity index is 1.54. The number of nitrogens with one attached hydrogen (secondary N) is 1. The Morgan fingerprint density at radius 2 is 1.82 bits per heavy atom. The van der Waals surface area contributed by atoms with Crippen LogP contribution in [0.2, 0.25) is 0 Å². The summed E-state index contributed by atoms with van der Waals surface area (Å²) in [6.07, 6.45) is 2.97. The number of carbonyl (C=O) groups excluding carboxylic acids is 2. The lowest BCUT2D eigenvalue weighted by Gasteiger charge is -2.37. The highest BCUT2D eigenvalue weighted by atomic mass is 16.6. The van der Waals surface area contributed by atoms with Gasteiger partial charge in [0.2, 0.25) is 0 Å². The number of nitrogens with zero attached hydrogens (tertiary/aromatic N) is 1. The number of pyridine rings is 1. The van der Waals surface area contributed by atoms with E-state index in [4.69, 9.17) is 9.47 Å². The molecule has 6 heteroatoms. The highest BCUT2D eigenvalue weighted by Gasteiger charge is 2.39. The van der Waals surface area contributed by atoms with Crippen molar-refractivity contribution in [3.05, 3.63) is 107 Å². The number of ether oxygens (including phenoxy) is 2. The zero-order valence-corrected chi connectivity index (χ0v) is 21.4. The van der Waals surface area contributed by atoms with Crippen molar-refractivity contribution in [2.24, 2.45) is 0 Å². The standard InChI is InChI=1S/C32H28N2O4/c1-3-37-29-18-21(11-14-28(29)38-19(2)35)30-31-23-10-7-15-33-24(23)12-13-25(31)34-26-16-22(17-27(36)32(26)30)20-8-5-4-6-9-20/h4-15,18,22,30,34H,3,16-17H2,1-2H3/t22-,30+/m1/s1. The van der Waals surface area contributed by atoms with Gasteiger partial charge in [-0.2, -0.15) is 0 Å². The largest absolute Gasteiger partial charge is 0.490 e. The predicted octanol–water partition coefficient (Wildman–Crippen LogP) is 6.52. The molecular formula is C32H28N2O4. The molecule has 0 unspecified atom stereocenters. The zero-order valence-electron chi connectivity index (χ0n) is 21.4. The first-order chi connectivity index (χ1) is 18.5. The molecule has 0 spiro atoms. The van der Waals surface area contributed by atoms with Crippen molar-refractivity contribution in [2.75, 3.05) is 11.9 Å². The average Bonchev–Trinajstić information content (AvgIpc) is 2.93. The third kappa shape index (κ3) is 4.22. The number of esters is 1. The van der Waals surface area contributed by atoms with E-state index in [2.05, 4.69) is 34.6 Å². The van der Waals surface area contributed by atoms with Crippen LogP contribution in [0, 0.1) is 0 Å². The first-order valence-corrected chi connectivity index (χ1v) is 12.9. The van der Waals surface area contributed by atoms with Crippen LogP contribution in [-0.4, -0.2) is 23.3 Å². The molecule has 1 N–H and O–H groups in total. The summed E-state index contributed by atoms with van der Waals surface area (Å²) in [5.41, 5.74) is 6.67. The number of hydrogen-bond acceptors (Lipinski definition) is 6. The number of ketones is 1. The van der Waals surface area contributed by atoms with Crippen molar-refractivity contribution >= 4 is 28.3 Å². The van der Waals surface area contributed by atoms with Gasteiger partial charge in [0.1, 0.15) is 0 Å². The van der Waals surface area contributed by atoms with E-state index in [-0.39, 0.29) is 17.6 Å². The summed E-state index contributed by atoms with van der Waals surface area (Å²) in [7, 11) is 0. The van der Waals surface area contributed by atoms with Crippen LogP contribution in [0.5, 0.6) is 11.5 Å². The fourth-order valence-corrected chi connectivity index (χ4v) is 5.79. The van der Waals surface area contributed by atoms with E-state index < -0.39 is 5.97 Å². The molecule has 2 heterocycles. The van der Waals surface area contributed by atoms with E-state index in [1.54, 1.807) is 12.3 Å². The van der Waals surface area contributed by atoms with Gasteiger partial charge in [0.05, 0.1) is 12.1 Å². The van der Waals surface area contributed by atoms with Gasteiger partial charge >= 0.3 is 5.97 Å². The first kappa shape index (κ1) is 23.9. The third-order valence-electron chi connectivity index (χ3n) is 7.32. The van der Waals surface area contributed by atoms with E-state index in [9.17, 15) is 9.59 Å². The van der Waals surface area contributed by atoms with Gasteiger partial charge in [-0.1, -0.05) is 42.5 Å². The van der Waals surface area contributed by atoms with Crippen molar-refractivity contribution < 1.29 is 19.1 Å². The fraction of sp³-hybridized carbons (Fsp3) is 0.219. The summed E-state index contributed by atoms with van der Waals surface area (Å²) in [6.45, 7) is 3.67. The van der Waals surface area contributed by atoms with Gasteiger partial charge in [-0.25, -0.2) is 0 Å². The Morgan fingerprint density at radius 1 is 0.974 bits per heavy atom. The quantitative estimate of drug-likeness (QED) is 0.246. The monoisotopic (exact) mass is 504 g/mol. The van der Waals surface area contributed by atoms with Crippen molar-refractivity contribution in [3.63, 3.8) is 0 Å². The van der Waals surface area contributed by atoms with Crippen molar-refractivity contribution in [1.82, 2.24) is 4.98 Å². The van der Waals surface area contributed by atoms with Crippen LogP contribution in [0.1, 0.15) is 55.2 Å².